The maximum atomic E-state index is 13.6. The summed E-state index contributed by atoms with van der Waals surface area (Å²) in [4.78, 5) is 12.7. The Morgan fingerprint density at radius 3 is 2.59 bits per heavy atom. The van der Waals surface area contributed by atoms with Crippen molar-refractivity contribution in [3.8, 4) is 0 Å². The van der Waals surface area contributed by atoms with Crippen molar-refractivity contribution < 1.29 is 17.9 Å². The summed E-state index contributed by atoms with van der Waals surface area (Å²) in [6.45, 7) is 4.69. The number of sulfonamides is 1. The molecule has 1 atom stereocenters. The molecule has 1 aliphatic carbocycles. The molecule has 1 saturated carbocycles. The first-order valence-corrected chi connectivity index (χ1v) is 14.2. The zero-order chi connectivity index (χ0) is 24.7. The first-order valence-electron chi connectivity index (χ1n) is 12.0. The molecule has 0 bridgehead atoms. The monoisotopic (exact) mass is 554 g/mol. The van der Waals surface area contributed by atoms with Crippen LogP contribution in [0.1, 0.15) is 58.1 Å². The van der Waals surface area contributed by atoms with Crippen LogP contribution in [0.2, 0.25) is 0 Å². The van der Waals surface area contributed by atoms with Gasteiger partial charge in [-0.2, -0.15) is 4.31 Å². The third-order valence-electron chi connectivity index (χ3n) is 6.38. The lowest BCUT2D eigenvalue weighted by atomic mass is 9.89. The van der Waals surface area contributed by atoms with Gasteiger partial charge in [0.2, 0.25) is 10.0 Å². The molecule has 0 N–H and O–H groups in total. The van der Waals surface area contributed by atoms with Gasteiger partial charge in [0, 0.05) is 23.8 Å². The van der Waals surface area contributed by atoms with E-state index in [1.165, 1.54) is 49.6 Å². The lowest BCUT2D eigenvalue weighted by molar-refractivity contribution is -0.146. The number of carbonyl (C=O) groups excluding carboxylic acids is 1. The molecule has 3 rings (SSSR count). The minimum absolute atomic E-state index is 0.128. The Balaban J connectivity index is 1.74. The van der Waals surface area contributed by atoms with Crippen LogP contribution in [0.25, 0.3) is 0 Å². The summed E-state index contributed by atoms with van der Waals surface area (Å²) in [5.41, 5.74) is 0.827. The van der Waals surface area contributed by atoms with Crippen LogP contribution in [-0.2, 0) is 32.5 Å². The zero-order valence-corrected chi connectivity index (χ0v) is 22.6. The fourth-order valence-electron chi connectivity index (χ4n) is 4.62. The minimum atomic E-state index is -3.96. The normalized spacial score (nSPS) is 16.2. The van der Waals surface area contributed by atoms with Crippen molar-refractivity contribution in [1.29, 1.82) is 0 Å². The summed E-state index contributed by atoms with van der Waals surface area (Å²) in [6.07, 6.45) is 9.39. The van der Waals surface area contributed by atoms with Gasteiger partial charge in [0.25, 0.3) is 0 Å². The zero-order valence-electron chi connectivity index (χ0n) is 20.2. The second-order valence-electron chi connectivity index (χ2n) is 9.30. The summed E-state index contributed by atoms with van der Waals surface area (Å²) in [5.74, 6) is -0.176. The molecule has 0 saturated heterocycles. The summed E-state index contributed by atoms with van der Waals surface area (Å²) < 4.78 is 35.9. The van der Waals surface area contributed by atoms with Crippen molar-refractivity contribution in [2.24, 2.45) is 11.8 Å². The van der Waals surface area contributed by atoms with Crippen LogP contribution >= 0.6 is 15.9 Å². The molecule has 1 fully saturated rings. The maximum Gasteiger partial charge on any atom is 0.324 e. The molecular weight excluding hydrogens is 520 g/mol. The van der Waals surface area contributed by atoms with E-state index in [0.717, 1.165) is 12.2 Å². The summed E-state index contributed by atoms with van der Waals surface area (Å²) in [5, 5.41) is 8.57. The van der Waals surface area contributed by atoms with Gasteiger partial charge in [-0.25, -0.2) is 8.42 Å². The Bertz CT molecular complexity index is 1050. The van der Waals surface area contributed by atoms with Gasteiger partial charge in [0.1, 0.15) is 6.04 Å². The molecule has 1 aromatic heterocycles. The first kappa shape index (κ1) is 26.8. The van der Waals surface area contributed by atoms with E-state index in [1.54, 1.807) is 18.2 Å². The maximum absolute atomic E-state index is 13.6. The van der Waals surface area contributed by atoms with Crippen molar-refractivity contribution in [2.45, 2.75) is 76.3 Å². The van der Waals surface area contributed by atoms with Crippen LogP contribution in [0.15, 0.2) is 39.8 Å². The molecule has 0 radical (unpaired) electrons. The molecule has 2 aromatic rings. The largest absolute Gasteiger partial charge is 0.468 e. The van der Waals surface area contributed by atoms with E-state index >= 15 is 0 Å². The third-order valence-corrected chi connectivity index (χ3v) is 9.27. The van der Waals surface area contributed by atoms with Gasteiger partial charge in [0.15, 0.2) is 0 Å². The number of esters is 1. The second-order valence-corrected chi connectivity index (χ2v) is 12.0. The molecule has 0 unspecified atom stereocenters. The Kier molecular flexibility index (Phi) is 9.67. The van der Waals surface area contributed by atoms with Crippen LogP contribution in [0, 0.1) is 11.8 Å². The Morgan fingerprint density at radius 2 is 1.94 bits per heavy atom. The van der Waals surface area contributed by atoms with Crippen LogP contribution in [-0.4, -0.2) is 53.4 Å². The molecule has 0 spiro atoms. The predicted molar refractivity (Wildman–Crippen MR) is 134 cm³/mol. The number of benzene rings is 1. The van der Waals surface area contributed by atoms with Gasteiger partial charge >= 0.3 is 5.97 Å². The Hall–Kier alpha value is -1.78. The third kappa shape index (κ3) is 6.66. The van der Waals surface area contributed by atoms with Crippen molar-refractivity contribution >= 4 is 31.9 Å². The topological polar surface area (TPSA) is 94.4 Å². The molecule has 0 aliphatic heterocycles. The standard InChI is InChI=1S/C24H35BrN4O4S/c1-18(2)23(24(30)33-3)29(34(31,32)22-14-8-7-13-21(22)25)15-9-12-20-17-28(27-26-20)16-19-10-5-4-6-11-19/h7-8,13-14,17-19,23H,4-6,9-12,15-16H2,1-3H3/t23-/m0/s1. The van der Waals surface area contributed by atoms with Crippen molar-refractivity contribution in [1.82, 2.24) is 19.3 Å². The van der Waals surface area contributed by atoms with E-state index in [9.17, 15) is 13.2 Å². The molecule has 34 heavy (non-hydrogen) atoms. The smallest absolute Gasteiger partial charge is 0.324 e. The fraction of sp³-hybridized carbons (Fsp3) is 0.625. The number of nitrogens with zero attached hydrogens (tertiary/aromatic N) is 4. The molecule has 8 nitrogen and oxygen atoms in total. The number of ether oxygens (including phenoxy) is 1. The van der Waals surface area contributed by atoms with Crippen LogP contribution in [0.3, 0.4) is 0 Å². The average Bonchev–Trinajstić information content (AvgIpc) is 3.25. The van der Waals surface area contributed by atoms with E-state index in [2.05, 4.69) is 26.2 Å². The number of halogens is 1. The highest BCUT2D eigenvalue weighted by Gasteiger charge is 2.39. The van der Waals surface area contributed by atoms with Gasteiger partial charge in [0.05, 0.1) is 17.7 Å². The fourth-order valence-corrected chi connectivity index (χ4v) is 7.34. The van der Waals surface area contributed by atoms with Gasteiger partial charge in [-0.05, 0) is 65.6 Å². The molecule has 1 aliphatic rings. The van der Waals surface area contributed by atoms with Crippen LogP contribution in [0.4, 0.5) is 0 Å². The molecule has 10 heteroatoms. The first-order chi connectivity index (χ1) is 16.2. The predicted octanol–water partition coefficient (Wildman–Crippen LogP) is 4.44. The van der Waals surface area contributed by atoms with Crippen molar-refractivity contribution in [2.75, 3.05) is 13.7 Å². The van der Waals surface area contributed by atoms with E-state index in [0.29, 0.717) is 23.2 Å². The Labute approximate surface area is 211 Å². The SMILES string of the molecule is COC(=O)[C@H](C(C)C)N(CCCc1cn(CC2CCCCC2)nn1)S(=O)(=O)c1ccccc1Br. The van der Waals surface area contributed by atoms with Crippen LogP contribution in [0.5, 0.6) is 0 Å². The molecular formula is C24H35BrN4O4S. The number of hydrogen-bond donors (Lipinski definition) is 0. The summed E-state index contributed by atoms with van der Waals surface area (Å²) >= 11 is 3.35. The van der Waals surface area contributed by atoms with Crippen molar-refractivity contribution in [3.05, 3.63) is 40.6 Å². The highest BCUT2D eigenvalue weighted by molar-refractivity contribution is 9.10. The molecule has 0 amide bonds. The van der Waals surface area contributed by atoms with Gasteiger partial charge in [-0.3, -0.25) is 9.48 Å². The average molecular weight is 556 g/mol. The summed E-state index contributed by atoms with van der Waals surface area (Å²) in [7, 11) is -2.67. The number of aryl methyl sites for hydroxylation is 1. The van der Waals surface area contributed by atoms with E-state index < -0.39 is 22.0 Å². The number of hydrogen-bond acceptors (Lipinski definition) is 6. The van der Waals surface area contributed by atoms with Crippen molar-refractivity contribution in [3.63, 3.8) is 0 Å². The highest BCUT2D eigenvalue weighted by Crippen LogP contribution is 2.29. The quantitative estimate of drug-likeness (QED) is 0.381. The van der Waals surface area contributed by atoms with Gasteiger partial charge < -0.3 is 4.74 Å². The number of aromatic nitrogens is 3. The second kappa shape index (κ2) is 12.3. The molecule has 1 heterocycles. The lowest BCUT2D eigenvalue weighted by Crippen LogP contribution is -2.49. The van der Waals surface area contributed by atoms with Crippen LogP contribution < -0.4 is 0 Å². The molecule has 1 aromatic carbocycles. The summed E-state index contributed by atoms with van der Waals surface area (Å²) in [6, 6.07) is 5.72. The number of rotatable bonds is 11. The van der Waals surface area contributed by atoms with Gasteiger partial charge in [-0.1, -0.05) is 50.5 Å². The molecule has 188 valence electrons. The number of carbonyl (C=O) groups is 1. The van der Waals surface area contributed by atoms with E-state index in [4.69, 9.17) is 4.74 Å². The Morgan fingerprint density at radius 1 is 1.24 bits per heavy atom. The lowest BCUT2D eigenvalue weighted by Gasteiger charge is -2.31. The minimum Gasteiger partial charge on any atom is -0.468 e. The van der Waals surface area contributed by atoms with E-state index in [-0.39, 0.29) is 17.4 Å². The van der Waals surface area contributed by atoms with E-state index in [1.807, 2.05) is 24.7 Å². The highest BCUT2D eigenvalue weighted by atomic mass is 79.9. The number of methoxy groups -OCH3 is 1. The van der Waals surface area contributed by atoms with Gasteiger partial charge in [-0.15, -0.1) is 5.10 Å².